The van der Waals surface area contributed by atoms with Crippen LogP contribution in [-0.4, -0.2) is 61.7 Å². The minimum atomic E-state index is -0.831. The minimum Gasteiger partial charge on any atom is -0.480 e. The molecule has 6 heteroatoms. The molecule has 98 valence electrons. The van der Waals surface area contributed by atoms with Crippen molar-refractivity contribution >= 4 is 11.9 Å². The topological polar surface area (TPSA) is 81.7 Å². The number of carbonyl (C=O) groups excluding carboxylic acids is 1. The van der Waals surface area contributed by atoms with Crippen LogP contribution in [0.3, 0.4) is 0 Å². The molecule has 1 aliphatic heterocycles. The molecule has 0 saturated carbocycles. The second kappa shape index (κ2) is 7.24. The molecule has 0 spiro atoms. The van der Waals surface area contributed by atoms with E-state index in [9.17, 15) is 9.59 Å². The van der Waals surface area contributed by atoms with Crippen molar-refractivity contribution < 1.29 is 14.7 Å². The van der Waals surface area contributed by atoms with Gasteiger partial charge in [0.15, 0.2) is 0 Å². The molecule has 0 aromatic heterocycles. The number of nitrogens with zero attached hydrogens (tertiary/aromatic N) is 1. The summed E-state index contributed by atoms with van der Waals surface area (Å²) >= 11 is 0. The number of likely N-dealkylation sites (tertiary alicyclic amines) is 1. The molecule has 0 aromatic carbocycles. The summed E-state index contributed by atoms with van der Waals surface area (Å²) in [5, 5.41) is 14.0. The SMILES string of the molecule is CNC(=O)CN1CCCC(CNCC(=O)O)C1. The molecular formula is C11H21N3O3. The summed E-state index contributed by atoms with van der Waals surface area (Å²) in [7, 11) is 1.64. The van der Waals surface area contributed by atoms with Gasteiger partial charge in [-0.15, -0.1) is 0 Å². The lowest BCUT2D eigenvalue weighted by Crippen LogP contribution is -2.44. The number of carboxylic acid groups (broad SMARTS) is 1. The van der Waals surface area contributed by atoms with Crippen molar-refractivity contribution in [1.29, 1.82) is 0 Å². The summed E-state index contributed by atoms with van der Waals surface area (Å²) in [5.74, 6) is -0.361. The van der Waals surface area contributed by atoms with Crippen LogP contribution in [0, 0.1) is 5.92 Å². The van der Waals surface area contributed by atoms with Gasteiger partial charge in [0.1, 0.15) is 0 Å². The quantitative estimate of drug-likeness (QED) is 0.564. The molecule has 0 aromatic rings. The molecule has 1 unspecified atom stereocenters. The number of rotatable bonds is 6. The van der Waals surface area contributed by atoms with Crippen molar-refractivity contribution in [1.82, 2.24) is 15.5 Å². The van der Waals surface area contributed by atoms with Crippen LogP contribution < -0.4 is 10.6 Å². The lowest BCUT2D eigenvalue weighted by molar-refractivity contribution is -0.136. The fourth-order valence-corrected chi connectivity index (χ4v) is 2.13. The Hall–Kier alpha value is -1.14. The summed E-state index contributed by atoms with van der Waals surface area (Å²) in [6.07, 6.45) is 2.16. The maximum Gasteiger partial charge on any atom is 0.317 e. The van der Waals surface area contributed by atoms with Crippen LogP contribution in [0.1, 0.15) is 12.8 Å². The van der Waals surface area contributed by atoms with E-state index in [4.69, 9.17) is 5.11 Å². The summed E-state index contributed by atoms with van der Waals surface area (Å²) in [6.45, 7) is 2.96. The van der Waals surface area contributed by atoms with Crippen molar-refractivity contribution in [3.8, 4) is 0 Å². The van der Waals surface area contributed by atoms with Crippen LogP contribution in [0.25, 0.3) is 0 Å². The van der Waals surface area contributed by atoms with Crippen LogP contribution >= 0.6 is 0 Å². The molecule has 1 rings (SSSR count). The number of amides is 1. The van der Waals surface area contributed by atoms with Crippen molar-refractivity contribution in [2.45, 2.75) is 12.8 Å². The fourth-order valence-electron chi connectivity index (χ4n) is 2.13. The Kier molecular flexibility index (Phi) is 5.93. The lowest BCUT2D eigenvalue weighted by atomic mass is 9.98. The Balaban J connectivity index is 2.23. The molecule has 1 saturated heterocycles. The summed E-state index contributed by atoms with van der Waals surface area (Å²) in [4.78, 5) is 23.7. The van der Waals surface area contributed by atoms with Gasteiger partial charge in [-0.05, 0) is 31.8 Å². The molecule has 3 N–H and O–H groups in total. The number of piperidine rings is 1. The van der Waals surface area contributed by atoms with Gasteiger partial charge in [-0.1, -0.05) is 0 Å². The number of carboxylic acids is 1. The number of carbonyl (C=O) groups is 2. The third kappa shape index (κ3) is 5.65. The monoisotopic (exact) mass is 243 g/mol. The molecule has 1 atom stereocenters. The van der Waals surface area contributed by atoms with E-state index in [2.05, 4.69) is 15.5 Å². The van der Waals surface area contributed by atoms with Gasteiger partial charge in [0.25, 0.3) is 0 Å². The van der Waals surface area contributed by atoms with Gasteiger partial charge < -0.3 is 15.7 Å². The van der Waals surface area contributed by atoms with E-state index in [-0.39, 0.29) is 12.5 Å². The van der Waals surface area contributed by atoms with Crippen LogP contribution in [0.15, 0.2) is 0 Å². The summed E-state index contributed by atoms with van der Waals surface area (Å²) in [5.41, 5.74) is 0. The van der Waals surface area contributed by atoms with Gasteiger partial charge in [-0.2, -0.15) is 0 Å². The number of aliphatic carboxylic acids is 1. The van der Waals surface area contributed by atoms with Crippen LogP contribution in [0.2, 0.25) is 0 Å². The first kappa shape index (κ1) is 13.9. The Labute approximate surface area is 101 Å². The second-order valence-corrected chi connectivity index (χ2v) is 4.44. The highest BCUT2D eigenvalue weighted by Gasteiger charge is 2.20. The Bertz CT molecular complexity index is 271. The van der Waals surface area contributed by atoms with E-state index < -0.39 is 5.97 Å². The Morgan fingerprint density at radius 3 is 2.88 bits per heavy atom. The van der Waals surface area contributed by atoms with Crippen LogP contribution in [-0.2, 0) is 9.59 Å². The Morgan fingerprint density at radius 1 is 1.47 bits per heavy atom. The highest BCUT2D eigenvalue weighted by molar-refractivity contribution is 5.77. The average molecular weight is 243 g/mol. The Morgan fingerprint density at radius 2 is 2.24 bits per heavy atom. The number of hydrogen-bond donors (Lipinski definition) is 3. The van der Waals surface area contributed by atoms with Gasteiger partial charge in [-0.3, -0.25) is 14.5 Å². The highest BCUT2D eigenvalue weighted by atomic mass is 16.4. The zero-order chi connectivity index (χ0) is 12.7. The van der Waals surface area contributed by atoms with Gasteiger partial charge in [-0.25, -0.2) is 0 Å². The molecule has 0 aliphatic carbocycles. The van der Waals surface area contributed by atoms with Crippen molar-refractivity contribution in [3.05, 3.63) is 0 Å². The van der Waals surface area contributed by atoms with Crippen molar-refractivity contribution in [2.75, 3.05) is 39.8 Å². The number of likely N-dealkylation sites (N-methyl/N-ethyl adjacent to an activating group) is 1. The van der Waals surface area contributed by atoms with E-state index in [0.717, 1.165) is 25.9 Å². The van der Waals surface area contributed by atoms with Gasteiger partial charge in [0.05, 0.1) is 13.1 Å². The highest BCUT2D eigenvalue weighted by Crippen LogP contribution is 2.15. The molecule has 17 heavy (non-hydrogen) atoms. The zero-order valence-electron chi connectivity index (χ0n) is 10.2. The first-order valence-corrected chi connectivity index (χ1v) is 5.97. The van der Waals surface area contributed by atoms with Gasteiger partial charge >= 0.3 is 5.97 Å². The minimum absolute atomic E-state index is 0.00590. The molecule has 1 aliphatic rings. The first-order valence-electron chi connectivity index (χ1n) is 5.97. The predicted octanol–water partition coefficient (Wildman–Crippen LogP) is -0.881. The van der Waals surface area contributed by atoms with E-state index in [1.807, 2.05) is 0 Å². The molecule has 0 radical (unpaired) electrons. The third-order valence-electron chi connectivity index (χ3n) is 2.96. The molecule has 1 fully saturated rings. The van der Waals surface area contributed by atoms with Crippen molar-refractivity contribution in [2.24, 2.45) is 5.92 Å². The van der Waals surface area contributed by atoms with Gasteiger partial charge in [0, 0.05) is 13.6 Å². The molecule has 6 nitrogen and oxygen atoms in total. The summed E-state index contributed by atoms with van der Waals surface area (Å²) < 4.78 is 0. The van der Waals surface area contributed by atoms with E-state index in [0.29, 0.717) is 19.0 Å². The molecule has 1 amide bonds. The molecule has 0 bridgehead atoms. The normalized spacial score (nSPS) is 21.1. The van der Waals surface area contributed by atoms with E-state index in [1.54, 1.807) is 7.05 Å². The molecule has 1 heterocycles. The predicted molar refractivity (Wildman–Crippen MR) is 63.7 cm³/mol. The number of nitrogens with one attached hydrogen (secondary N) is 2. The maximum absolute atomic E-state index is 11.2. The fraction of sp³-hybridized carbons (Fsp3) is 0.818. The van der Waals surface area contributed by atoms with E-state index in [1.165, 1.54) is 0 Å². The lowest BCUT2D eigenvalue weighted by Gasteiger charge is -2.32. The van der Waals surface area contributed by atoms with Crippen molar-refractivity contribution in [3.63, 3.8) is 0 Å². The standard InChI is InChI=1S/C11H21N3O3/c1-12-10(15)8-14-4-2-3-9(7-14)5-13-6-11(16)17/h9,13H,2-8H2,1H3,(H,12,15)(H,16,17). The average Bonchev–Trinajstić information content (AvgIpc) is 2.29. The summed E-state index contributed by atoms with van der Waals surface area (Å²) in [6, 6.07) is 0. The first-order chi connectivity index (χ1) is 8.11. The third-order valence-corrected chi connectivity index (χ3v) is 2.96. The molecular weight excluding hydrogens is 222 g/mol. The van der Waals surface area contributed by atoms with Crippen LogP contribution in [0.4, 0.5) is 0 Å². The smallest absolute Gasteiger partial charge is 0.317 e. The maximum atomic E-state index is 11.2. The largest absolute Gasteiger partial charge is 0.480 e. The second-order valence-electron chi connectivity index (χ2n) is 4.44. The number of hydrogen-bond acceptors (Lipinski definition) is 4. The zero-order valence-corrected chi connectivity index (χ0v) is 10.2. The van der Waals surface area contributed by atoms with E-state index >= 15 is 0 Å². The van der Waals surface area contributed by atoms with Crippen LogP contribution in [0.5, 0.6) is 0 Å². The van der Waals surface area contributed by atoms with Gasteiger partial charge in [0.2, 0.25) is 5.91 Å².